The SMILES string of the molecule is Cc1ccn2ccnc(N3CC[C@H](NC(=O)c4csc(-c5ccccc5)n4)C3)c12. The van der Waals surface area contributed by atoms with Crippen molar-refractivity contribution in [3.05, 3.63) is 71.6 Å². The number of carbonyl (C=O) groups excluding carboxylic acids is 1. The number of carbonyl (C=O) groups is 1. The normalized spacial score (nSPS) is 16.4. The van der Waals surface area contributed by atoms with Gasteiger partial charge in [-0.25, -0.2) is 9.97 Å². The summed E-state index contributed by atoms with van der Waals surface area (Å²) < 4.78 is 2.10. The van der Waals surface area contributed by atoms with Crippen molar-refractivity contribution in [3.8, 4) is 10.6 Å². The Labute approximate surface area is 172 Å². The molecule has 0 unspecified atom stereocenters. The predicted octanol–water partition coefficient (Wildman–Crippen LogP) is 3.77. The molecule has 5 rings (SSSR count). The van der Waals surface area contributed by atoms with Gasteiger partial charge in [-0.05, 0) is 25.0 Å². The largest absolute Gasteiger partial charge is 0.353 e. The molecule has 3 aromatic heterocycles. The maximum atomic E-state index is 12.7. The number of anilines is 1. The van der Waals surface area contributed by atoms with E-state index >= 15 is 0 Å². The number of hydrogen-bond acceptors (Lipinski definition) is 5. The van der Waals surface area contributed by atoms with Gasteiger partial charge >= 0.3 is 0 Å². The first-order valence-electron chi connectivity index (χ1n) is 9.68. The summed E-state index contributed by atoms with van der Waals surface area (Å²) in [6, 6.07) is 12.1. The Morgan fingerprint density at radius 1 is 1.21 bits per heavy atom. The van der Waals surface area contributed by atoms with Gasteiger partial charge in [0.2, 0.25) is 0 Å². The zero-order chi connectivity index (χ0) is 19.8. The highest BCUT2D eigenvalue weighted by molar-refractivity contribution is 7.13. The molecule has 0 aliphatic carbocycles. The Morgan fingerprint density at radius 2 is 2.07 bits per heavy atom. The first kappa shape index (κ1) is 17.9. The van der Waals surface area contributed by atoms with Crippen LogP contribution in [0.25, 0.3) is 16.1 Å². The van der Waals surface area contributed by atoms with E-state index in [4.69, 9.17) is 0 Å². The summed E-state index contributed by atoms with van der Waals surface area (Å²) in [4.78, 5) is 24.1. The van der Waals surface area contributed by atoms with Gasteiger partial charge in [0.1, 0.15) is 10.7 Å². The van der Waals surface area contributed by atoms with Gasteiger partial charge in [-0.15, -0.1) is 11.3 Å². The Hall–Kier alpha value is -3.19. The van der Waals surface area contributed by atoms with Gasteiger partial charge in [0, 0.05) is 48.7 Å². The third-order valence-corrected chi connectivity index (χ3v) is 6.22. The number of nitrogens with one attached hydrogen (secondary N) is 1. The molecule has 1 amide bonds. The molecule has 4 aromatic rings. The van der Waals surface area contributed by atoms with Crippen molar-refractivity contribution in [2.45, 2.75) is 19.4 Å². The topological polar surface area (TPSA) is 62.5 Å². The fourth-order valence-electron chi connectivity index (χ4n) is 3.85. The van der Waals surface area contributed by atoms with Crippen LogP contribution >= 0.6 is 11.3 Å². The summed E-state index contributed by atoms with van der Waals surface area (Å²) in [7, 11) is 0. The molecule has 1 saturated heterocycles. The molecular weight excluding hydrogens is 382 g/mol. The summed E-state index contributed by atoms with van der Waals surface area (Å²) in [5, 5.41) is 5.84. The smallest absolute Gasteiger partial charge is 0.271 e. The molecule has 1 aliphatic heterocycles. The van der Waals surface area contributed by atoms with E-state index in [1.807, 2.05) is 48.1 Å². The highest BCUT2D eigenvalue weighted by Crippen LogP contribution is 2.27. The fourth-order valence-corrected chi connectivity index (χ4v) is 4.66. The molecule has 0 spiro atoms. The molecule has 6 nitrogen and oxygen atoms in total. The molecule has 0 bridgehead atoms. The molecule has 4 heterocycles. The minimum absolute atomic E-state index is 0.0849. The summed E-state index contributed by atoms with van der Waals surface area (Å²) in [5.74, 6) is 0.868. The molecule has 1 aliphatic rings. The predicted molar refractivity (Wildman–Crippen MR) is 116 cm³/mol. The molecule has 1 fully saturated rings. The molecule has 1 N–H and O–H groups in total. The van der Waals surface area contributed by atoms with Gasteiger partial charge in [-0.3, -0.25) is 4.79 Å². The Bertz CT molecular complexity index is 1170. The van der Waals surface area contributed by atoms with Gasteiger partial charge in [0.25, 0.3) is 5.91 Å². The number of nitrogens with zero attached hydrogens (tertiary/aromatic N) is 4. The maximum absolute atomic E-state index is 12.7. The van der Waals surface area contributed by atoms with Crippen LogP contribution < -0.4 is 10.2 Å². The van der Waals surface area contributed by atoms with Crippen molar-refractivity contribution in [2.75, 3.05) is 18.0 Å². The van der Waals surface area contributed by atoms with E-state index in [-0.39, 0.29) is 11.9 Å². The molecule has 1 aromatic carbocycles. The molecule has 146 valence electrons. The van der Waals surface area contributed by atoms with Crippen LogP contribution in [0.3, 0.4) is 0 Å². The van der Waals surface area contributed by atoms with Crippen LogP contribution in [0.4, 0.5) is 5.82 Å². The summed E-state index contributed by atoms with van der Waals surface area (Å²) in [5.41, 5.74) is 3.85. The van der Waals surface area contributed by atoms with Crippen molar-refractivity contribution in [3.63, 3.8) is 0 Å². The lowest BCUT2D eigenvalue weighted by Gasteiger charge is -2.19. The summed E-state index contributed by atoms with van der Waals surface area (Å²) in [6.45, 7) is 3.72. The van der Waals surface area contributed by atoms with Gasteiger partial charge in [-0.2, -0.15) is 0 Å². The van der Waals surface area contributed by atoms with Crippen LogP contribution in [-0.4, -0.2) is 39.4 Å². The molecule has 29 heavy (non-hydrogen) atoms. The lowest BCUT2D eigenvalue weighted by Crippen LogP contribution is -2.37. The number of hydrogen-bond donors (Lipinski definition) is 1. The third-order valence-electron chi connectivity index (χ3n) is 5.33. The van der Waals surface area contributed by atoms with E-state index in [2.05, 4.69) is 43.8 Å². The van der Waals surface area contributed by atoms with Crippen molar-refractivity contribution in [2.24, 2.45) is 0 Å². The first-order chi connectivity index (χ1) is 14.2. The summed E-state index contributed by atoms with van der Waals surface area (Å²) in [6.07, 6.45) is 6.74. The van der Waals surface area contributed by atoms with Gasteiger partial charge < -0.3 is 14.6 Å². The standard InChI is InChI=1S/C22H21N5OS/c1-15-7-10-26-12-9-23-20(19(15)26)27-11-8-17(13-27)24-21(28)18-14-29-22(25-18)16-5-3-2-4-6-16/h2-7,9-10,12,14,17H,8,11,13H2,1H3,(H,24,28)/t17-/m0/s1. The van der Waals surface area contributed by atoms with Crippen LogP contribution in [0.15, 0.2) is 60.4 Å². The van der Waals surface area contributed by atoms with Gasteiger partial charge in [0.15, 0.2) is 5.82 Å². The Kier molecular flexibility index (Phi) is 4.52. The Morgan fingerprint density at radius 3 is 2.93 bits per heavy atom. The second kappa shape index (κ2) is 7.33. The lowest BCUT2D eigenvalue weighted by atomic mass is 10.2. The van der Waals surface area contributed by atoms with Crippen LogP contribution in [0.5, 0.6) is 0 Å². The zero-order valence-electron chi connectivity index (χ0n) is 16.1. The van der Waals surface area contributed by atoms with Gasteiger partial charge in [-0.1, -0.05) is 30.3 Å². The number of aromatic nitrogens is 3. The Balaban J connectivity index is 1.28. The minimum atomic E-state index is -0.111. The average Bonchev–Trinajstić information content (AvgIpc) is 3.49. The van der Waals surface area contributed by atoms with Crippen molar-refractivity contribution >= 4 is 28.6 Å². The highest BCUT2D eigenvalue weighted by atomic mass is 32.1. The molecule has 7 heteroatoms. The second-order valence-corrected chi connectivity index (χ2v) is 8.17. The van der Waals surface area contributed by atoms with Crippen LogP contribution in [0.2, 0.25) is 0 Å². The fraction of sp³-hybridized carbons (Fsp3) is 0.227. The second-order valence-electron chi connectivity index (χ2n) is 7.31. The number of rotatable bonds is 4. The minimum Gasteiger partial charge on any atom is -0.353 e. The lowest BCUT2D eigenvalue weighted by molar-refractivity contribution is 0.0936. The van der Waals surface area contributed by atoms with E-state index in [1.54, 1.807) is 0 Å². The molecular formula is C22H21N5OS. The molecule has 1 atom stereocenters. The van der Waals surface area contributed by atoms with Crippen LogP contribution in [0, 0.1) is 6.92 Å². The first-order valence-corrected chi connectivity index (χ1v) is 10.6. The monoisotopic (exact) mass is 403 g/mol. The van der Waals surface area contributed by atoms with Crippen LogP contribution in [-0.2, 0) is 0 Å². The number of aryl methyl sites for hydroxylation is 1. The van der Waals surface area contributed by atoms with E-state index in [1.165, 1.54) is 16.9 Å². The van der Waals surface area contributed by atoms with Crippen molar-refractivity contribution in [1.82, 2.24) is 19.7 Å². The number of thiazole rings is 1. The molecule has 0 saturated carbocycles. The van der Waals surface area contributed by atoms with E-state index in [0.29, 0.717) is 5.69 Å². The van der Waals surface area contributed by atoms with Crippen LogP contribution in [0.1, 0.15) is 22.5 Å². The van der Waals surface area contributed by atoms with E-state index < -0.39 is 0 Å². The average molecular weight is 404 g/mol. The zero-order valence-corrected chi connectivity index (χ0v) is 16.9. The molecule has 0 radical (unpaired) electrons. The maximum Gasteiger partial charge on any atom is 0.271 e. The highest BCUT2D eigenvalue weighted by Gasteiger charge is 2.27. The van der Waals surface area contributed by atoms with E-state index in [9.17, 15) is 4.79 Å². The number of amides is 1. The number of fused-ring (bicyclic) bond motifs is 1. The van der Waals surface area contributed by atoms with Crippen molar-refractivity contribution < 1.29 is 4.79 Å². The third kappa shape index (κ3) is 3.38. The quantitative estimate of drug-likeness (QED) is 0.563. The summed E-state index contributed by atoms with van der Waals surface area (Å²) >= 11 is 1.50. The van der Waals surface area contributed by atoms with Crippen molar-refractivity contribution in [1.29, 1.82) is 0 Å². The van der Waals surface area contributed by atoms with E-state index in [0.717, 1.165) is 41.4 Å². The van der Waals surface area contributed by atoms with Gasteiger partial charge in [0.05, 0.1) is 5.52 Å². The number of benzene rings is 1.